The van der Waals surface area contributed by atoms with Crippen molar-refractivity contribution in [2.75, 3.05) is 32.8 Å². The van der Waals surface area contributed by atoms with Gasteiger partial charge in [-0.3, -0.25) is 4.79 Å². The summed E-state index contributed by atoms with van der Waals surface area (Å²) >= 11 is 0. The van der Waals surface area contributed by atoms with Crippen LogP contribution in [0.1, 0.15) is 18.7 Å². The predicted octanol–water partition coefficient (Wildman–Crippen LogP) is 2.32. The molecule has 0 saturated carbocycles. The number of likely N-dealkylation sites (tertiary alicyclic amines) is 1. The lowest BCUT2D eigenvalue weighted by molar-refractivity contribution is -0.123. The normalized spacial score (nSPS) is 14.4. The molecule has 9 heteroatoms. The van der Waals surface area contributed by atoms with E-state index >= 15 is 0 Å². The molecule has 1 aliphatic heterocycles. The molecule has 4 rings (SSSR count). The molecule has 0 atom stereocenters. The lowest BCUT2D eigenvalue weighted by Crippen LogP contribution is -2.36. The van der Waals surface area contributed by atoms with Gasteiger partial charge >= 0.3 is 0 Å². The van der Waals surface area contributed by atoms with Gasteiger partial charge in [-0.15, -0.1) is 0 Å². The Morgan fingerprint density at radius 1 is 1.24 bits per heavy atom. The molecule has 1 saturated heterocycles. The number of benzene rings is 1. The van der Waals surface area contributed by atoms with Crippen LogP contribution < -0.4 is 10.1 Å². The molecule has 0 radical (unpaired) electrons. The molecule has 2 aromatic heterocycles. The highest BCUT2D eigenvalue weighted by Crippen LogP contribution is 2.33. The number of rotatable bonds is 7. The molecular weight excluding hydrogens is 377 g/mol. The van der Waals surface area contributed by atoms with Gasteiger partial charge in [0, 0.05) is 18.7 Å². The maximum Gasteiger partial charge on any atom is 0.265 e. The van der Waals surface area contributed by atoms with Crippen LogP contribution in [0.15, 0.2) is 28.8 Å². The van der Waals surface area contributed by atoms with Crippen molar-refractivity contribution in [3.8, 4) is 17.1 Å². The number of amides is 1. The van der Waals surface area contributed by atoms with E-state index in [0.717, 1.165) is 19.6 Å². The number of fused-ring (bicyclic) bond motifs is 1. The quantitative estimate of drug-likeness (QED) is 0.652. The zero-order chi connectivity index (χ0) is 20.2. The summed E-state index contributed by atoms with van der Waals surface area (Å²) in [6.45, 7) is 5.11. The second-order valence-electron chi connectivity index (χ2n) is 6.98. The summed E-state index contributed by atoms with van der Waals surface area (Å²) in [5.74, 6) is 0.0654. The van der Waals surface area contributed by atoms with Crippen LogP contribution in [-0.2, 0) is 4.79 Å². The number of aryl methyl sites for hydroxylation is 1. The minimum absolute atomic E-state index is 0.181. The Labute approximate surface area is 167 Å². The van der Waals surface area contributed by atoms with E-state index in [1.54, 1.807) is 19.1 Å². The van der Waals surface area contributed by atoms with E-state index in [-0.39, 0.29) is 29.9 Å². The van der Waals surface area contributed by atoms with Crippen LogP contribution in [0.25, 0.3) is 22.4 Å². The molecule has 0 bridgehead atoms. The lowest BCUT2D eigenvalue weighted by atomic mass is 10.1. The van der Waals surface area contributed by atoms with Crippen LogP contribution in [-0.4, -0.2) is 58.7 Å². The van der Waals surface area contributed by atoms with E-state index in [2.05, 4.69) is 25.3 Å². The van der Waals surface area contributed by atoms with Crippen molar-refractivity contribution in [1.82, 2.24) is 25.3 Å². The number of ether oxygens (including phenoxy) is 1. The van der Waals surface area contributed by atoms with Crippen molar-refractivity contribution in [3.05, 3.63) is 35.9 Å². The summed E-state index contributed by atoms with van der Waals surface area (Å²) in [4.78, 5) is 23.0. The Morgan fingerprint density at radius 3 is 2.76 bits per heavy atom. The average molecular weight is 399 g/mol. The lowest BCUT2D eigenvalue weighted by Gasteiger charge is -2.14. The highest BCUT2D eigenvalue weighted by molar-refractivity contribution is 5.93. The summed E-state index contributed by atoms with van der Waals surface area (Å²) in [7, 11) is 0. The number of aromatic nitrogens is 3. The minimum Gasteiger partial charge on any atom is -0.467 e. The smallest absolute Gasteiger partial charge is 0.265 e. The van der Waals surface area contributed by atoms with Gasteiger partial charge in [-0.2, -0.15) is 9.97 Å². The third-order valence-electron chi connectivity index (χ3n) is 4.82. The maximum absolute atomic E-state index is 13.2. The Kier molecular flexibility index (Phi) is 5.66. The molecule has 152 valence electrons. The molecule has 0 unspecified atom stereocenters. The van der Waals surface area contributed by atoms with Gasteiger partial charge in [0.25, 0.3) is 11.6 Å². The summed E-state index contributed by atoms with van der Waals surface area (Å²) in [6.07, 6.45) is 2.44. The van der Waals surface area contributed by atoms with E-state index < -0.39 is 0 Å². The molecule has 0 aliphatic carbocycles. The SMILES string of the molecule is Cc1nc(OCC(=O)NCCN2CCCC2)c2c(-c3ccc(F)cc3)noc2n1. The monoisotopic (exact) mass is 399 g/mol. The number of hydrogen-bond acceptors (Lipinski definition) is 7. The van der Waals surface area contributed by atoms with Crippen LogP contribution in [0.2, 0.25) is 0 Å². The first-order valence-electron chi connectivity index (χ1n) is 9.62. The molecular formula is C20H22FN5O3. The standard InChI is InChI=1S/C20H22FN5O3/c1-13-23-19(28-12-16(27)22-8-11-26-9-2-3-10-26)17-18(25-29-20(17)24-13)14-4-6-15(21)7-5-14/h4-7H,2-3,8-12H2,1H3,(H,22,27). The second-order valence-corrected chi connectivity index (χ2v) is 6.98. The van der Waals surface area contributed by atoms with Crippen molar-refractivity contribution in [2.24, 2.45) is 0 Å². The number of nitrogens with zero attached hydrogens (tertiary/aromatic N) is 4. The number of hydrogen-bond donors (Lipinski definition) is 1. The highest BCUT2D eigenvalue weighted by Gasteiger charge is 2.20. The molecule has 1 aromatic carbocycles. The molecule has 8 nitrogen and oxygen atoms in total. The first kappa shape index (κ1) is 19.3. The molecule has 3 heterocycles. The van der Waals surface area contributed by atoms with Crippen molar-refractivity contribution in [3.63, 3.8) is 0 Å². The number of carbonyl (C=O) groups excluding carboxylic acids is 1. The Hall–Kier alpha value is -3.07. The molecule has 0 spiro atoms. The fourth-order valence-electron chi connectivity index (χ4n) is 3.38. The highest BCUT2D eigenvalue weighted by atomic mass is 19.1. The van der Waals surface area contributed by atoms with Crippen molar-refractivity contribution < 1.29 is 18.4 Å². The Bertz CT molecular complexity index is 999. The van der Waals surface area contributed by atoms with Crippen molar-refractivity contribution >= 4 is 17.0 Å². The number of nitrogens with one attached hydrogen (secondary N) is 1. The van der Waals surface area contributed by atoms with Crippen LogP contribution in [0, 0.1) is 12.7 Å². The molecule has 29 heavy (non-hydrogen) atoms. The summed E-state index contributed by atoms with van der Waals surface area (Å²) in [5, 5.41) is 7.34. The zero-order valence-corrected chi connectivity index (χ0v) is 16.2. The summed E-state index contributed by atoms with van der Waals surface area (Å²) in [6, 6.07) is 5.83. The third kappa shape index (κ3) is 4.51. The van der Waals surface area contributed by atoms with Gasteiger partial charge in [0.15, 0.2) is 6.61 Å². The molecule has 3 aromatic rings. The fraction of sp³-hybridized carbons (Fsp3) is 0.400. The molecule has 1 amide bonds. The third-order valence-corrected chi connectivity index (χ3v) is 4.82. The largest absolute Gasteiger partial charge is 0.467 e. The first-order chi connectivity index (χ1) is 14.1. The second kappa shape index (κ2) is 8.52. The van der Waals surface area contributed by atoms with Gasteiger partial charge in [-0.1, -0.05) is 5.16 Å². The van der Waals surface area contributed by atoms with Gasteiger partial charge < -0.3 is 19.5 Å². The Balaban J connectivity index is 1.46. The molecule has 1 N–H and O–H groups in total. The van der Waals surface area contributed by atoms with Crippen molar-refractivity contribution in [1.29, 1.82) is 0 Å². The van der Waals surface area contributed by atoms with Gasteiger partial charge in [0.05, 0.1) is 0 Å². The van der Waals surface area contributed by atoms with Gasteiger partial charge in [0.2, 0.25) is 5.88 Å². The topological polar surface area (TPSA) is 93.4 Å². The first-order valence-corrected chi connectivity index (χ1v) is 9.62. The Morgan fingerprint density at radius 2 is 2.00 bits per heavy atom. The summed E-state index contributed by atoms with van der Waals surface area (Å²) in [5.41, 5.74) is 1.32. The van der Waals surface area contributed by atoms with E-state index in [1.807, 2.05) is 0 Å². The van der Waals surface area contributed by atoms with E-state index in [9.17, 15) is 9.18 Å². The van der Waals surface area contributed by atoms with Crippen LogP contribution >= 0.6 is 0 Å². The molecule has 1 aliphatic rings. The van der Waals surface area contributed by atoms with Crippen molar-refractivity contribution in [2.45, 2.75) is 19.8 Å². The predicted molar refractivity (Wildman–Crippen MR) is 104 cm³/mol. The van der Waals surface area contributed by atoms with Gasteiger partial charge in [-0.25, -0.2) is 4.39 Å². The van der Waals surface area contributed by atoms with E-state index in [4.69, 9.17) is 9.26 Å². The average Bonchev–Trinajstić information content (AvgIpc) is 3.36. The van der Waals surface area contributed by atoms with Crippen LogP contribution in [0.4, 0.5) is 4.39 Å². The van der Waals surface area contributed by atoms with Gasteiger partial charge in [-0.05, 0) is 57.1 Å². The van der Waals surface area contributed by atoms with E-state index in [0.29, 0.717) is 29.0 Å². The zero-order valence-electron chi connectivity index (χ0n) is 16.2. The number of carbonyl (C=O) groups is 1. The van der Waals surface area contributed by atoms with Gasteiger partial charge in [0.1, 0.15) is 22.7 Å². The minimum atomic E-state index is -0.351. The fourth-order valence-corrected chi connectivity index (χ4v) is 3.38. The van der Waals surface area contributed by atoms with E-state index in [1.165, 1.54) is 25.0 Å². The number of halogens is 1. The summed E-state index contributed by atoms with van der Waals surface area (Å²) < 4.78 is 24.2. The molecule has 1 fully saturated rings. The maximum atomic E-state index is 13.2. The van der Waals surface area contributed by atoms with Crippen LogP contribution in [0.3, 0.4) is 0 Å². The van der Waals surface area contributed by atoms with Crippen LogP contribution in [0.5, 0.6) is 5.88 Å².